The van der Waals surface area contributed by atoms with Crippen LogP contribution < -0.4 is 10.9 Å². The van der Waals surface area contributed by atoms with E-state index in [1.165, 1.54) is 16.4 Å². The molecule has 2 heterocycles. The average Bonchev–Trinajstić information content (AvgIpc) is 2.99. The molecule has 7 heteroatoms. The number of hydrogen-bond donors (Lipinski definition) is 2. The van der Waals surface area contributed by atoms with Gasteiger partial charge in [0, 0.05) is 17.7 Å². The van der Waals surface area contributed by atoms with E-state index in [4.69, 9.17) is 0 Å². The van der Waals surface area contributed by atoms with Crippen LogP contribution in [-0.2, 0) is 11.2 Å². The number of fused-ring (bicyclic) bond motifs is 1. The highest BCUT2D eigenvalue weighted by molar-refractivity contribution is 5.90. The minimum Gasteiger partial charge on any atom is -0.326 e. The van der Waals surface area contributed by atoms with Gasteiger partial charge in [-0.2, -0.15) is 4.52 Å². The van der Waals surface area contributed by atoms with Crippen molar-refractivity contribution in [3.05, 3.63) is 57.3 Å². The Kier molecular flexibility index (Phi) is 4.16. The van der Waals surface area contributed by atoms with Gasteiger partial charge in [-0.1, -0.05) is 6.07 Å². The highest BCUT2D eigenvalue weighted by Crippen LogP contribution is 2.14. The summed E-state index contributed by atoms with van der Waals surface area (Å²) in [7, 11) is 0. The largest absolute Gasteiger partial charge is 0.326 e. The summed E-state index contributed by atoms with van der Waals surface area (Å²) in [4.78, 5) is 32.8. The molecule has 0 unspecified atom stereocenters. The van der Waals surface area contributed by atoms with Crippen molar-refractivity contribution >= 4 is 17.4 Å². The second-order valence-electron chi connectivity index (χ2n) is 5.85. The predicted molar refractivity (Wildman–Crippen MR) is 91.2 cm³/mol. The fourth-order valence-corrected chi connectivity index (χ4v) is 2.56. The van der Waals surface area contributed by atoms with E-state index in [2.05, 4.69) is 20.4 Å². The molecule has 2 N–H and O–H groups in total. The summed E-state index contributed by atoms with van der Waals surface area (Å²) < 4.78 is 1.28. The Morgan fingerprint density at radius 1 is 1.25 bits per heavy atom. The average molecular weight is 325 g/mol. The Hall–Kier alpha value is -2.96. The molecule has 0 saturated carbocycles. The molecule has 124 valence electrons. The third-order valence-electron chi connectivity index (χ3n) is 4.13. The number of rotatable bonds is 4. The summed E-state index contributed by atoms with van der Waals surface area (Å²) in [6.07, 6.45) is 1.96. The van der Waals surface area contributed by atoms with Gasteiger partial charge in [0.1, 0.15) is 6.33 Å². The molecular weight excluding hydrogens is 306 g/mol. The Bertz CT molecular complexity index is 971. The number of aromatic amines is 1. The van der Waals surface area contributed by atoms with Crippen LogP contribution in [0.5, 0.6) is 0 Å². The predicted octanol–water partition coefficient (Wildman–Crippen LogP) is 1.91. The van der Waals surface area contributed by atoms with Crippen LogP contribution in [0.1, 0.15) is 28.8 Å². The first-order valence-electron chi connectivity index (χ1n) is 7.74. The van der Waals surface area contributed by atoms with E-state index < -0.39 is 0 Å². The topological polar surface area (TPSA) is 92.2 Å². The van der Waals surface area contributed by atoms with E-state index in [1.54, 1.807) is 6.92 Å². The number of H-pyrrole nitrogens is 1. The lowest BCUT2D eigenvalue weighted by molar-refractivity contribution is -0.116. The van der Waals surface area contributed by atoms with Gasteiger partial charge in [0.25, 0.3) is 11.3 Å². The number of benzene rings is 1. The SMILES string of the molecule is Cc1ccc(NC(=O)CCc2c(C)nc3nc[nH]n3c2=O)cc1C. The number of amides is 1. The lowest BCUT2D eigenvalue weighted by Gasteiger charge is -2.08. The zero-order valence-corrected chi connectivity index (χ0v) is 13.9. The minimum absolute atomic E-state index is 0.133. The molecule has 3 aromatic rings. The van der Waals surface area contributed by atoms with Gasteiger partial charge in [-0.25, -0.2) is 9.97 Å². The van der Waals surface area contributed by atoms with Crippen LogP contribution in [0.3, 0.4) is 0 Å². The fourth-order valence-electron chi connectivity index (χ4n) is 2.56. The van der Waals surface area contributed by atoms with Gasteiger partial charge in [0.05, 0.1) is 5.69 Å². The van der Waals surface area contributed by atoms with Crippen LogP contribution in [0.4, 0.5) is 5.69 Å². The molecule has 2 aromatic heterocycles. The standard InChI is InChI=1S/C17H19N5O2/c1-10-4-5-13(8-11(10)2)21-15(23)7-6-14-12(3)20-17-18-9-19-22(17)16(14)24/h4-5,8-9H,6-7H2,1-3H3,(H,21,23)(H,18,19,20). The van der Waals surface area contributed by atoms with Crippen LogP contribution in [-0.4, -0.2) is 25.5 Å². The van der Waals surface area contributed by atoms with Crippen molar-refractivity contribution in [2.45, 2.75) is 33.6 Å². The summed E-state index contributed by atoms with van der Waals surface area (Å²) in [5, 5.41) is 5.59. The maximum absolute atomic E-state index is 12.4. The van der Waals surface area contributed by atoms with Gasteiger partial charge in [0.2, 0.25) is 5.91 Å². The third kappa shape index (κ3) is 3.05. The lowest BCUT2D eigenvalue weighted by Crippen LogP contribution is -2.23. The van der Waals surface area contributed by atoms with E-state index in [0.29, 0.717) is 23.5 Å². The summed E-state index contributed by atoms with van der Waals surface area (Å²) in [6.45, 7) is 5.78. The summed E-state index contributed by atoms with van der Waals surface area (Å²) in [5.41, 5.74) is 3.97. The number of hydrogen-bond acceptors (Lipinski definition) is 4. The first kappa shape index (κ1) is 15.9. The molecule has 0 aliphatic heterocycles. The lowest BCUT2D eigenvalue weighted by atomic mass is 10.1. The molecule has 0 bridgehead atoms. The van der Waals surface area contributed by atoms with Gasteiger partial charge < -0.3 is 5.32 Å². The number of anilines is 1. The van der Waals surface area contributed by atoms with Crippen molar-refractivity contribution < 1.29 is 4.79 Å². The van der Waals surface area contributed by atoms with Crippen molar-refractivity contribution in [3.8, 4) is 0 Å². The molecular formula is C17H19N5O2. The normalized spacial score (nSPS) is 11.0. The van der Waals surface area contributed by atoms with Gasteiger partial charge in [-0.3, -0.25) is 14.7 Å². The van der Waals surface area contributed by atoms with Gasteiger partial charge in [-0.15, -0.1) is 0 Å². The molecule has 7 nitrogen and oxygen atoms in total. The van der Waals surface area contributed by atoms with Gasteiger partial charge in [0.15, 0.2) is 0 Å². The number of aryl methyl sites for hydroxylation is 3. The van der Waals surface area contributed by atoms with Crippen LogP contribution in [0.25, 0.3) is 5.78 Å². The quantitative estimate of drug-likeness (QED) is 0.766. The maximum Gasteiger partial charge on any atom is 0.277 e. The van der Waals surface area contributed by atoms with Crippen molar-refractivity contribution in [1.29, 1.82) is 0 Å². The van der Waals surface area contributed by atoms with Crippen LogP contribution in [0, 0.1) is 20.8 Å². The number of carbonyl (C=O) groups is 1. The van der Waals surface area contributed by atoms with E-state index in [-0.39, 0.29) is 17.9 Å². The summed E-state index contributed by atoms with van der Waals surface area (Å²) in [5.74, 6) is 0.201. The van der Waals surface area contributed by atoms with E-state index in [1.807, 2.05) is 32.0 Å². The Morgan fingerprint density at radius 3 is 2.79 bits per heavy atom. The summed E-state index contributed by atoms with van der Waals surface area (Å²) in [6, 6.07) is 5.78. The second-order valence-corrected chi connectivity index (χ2v) is 5.85. The molecule has 0 aliphatic carbocycles. The maximum atomic E-state index is 12.4. The van der Waals surface area contributed by atoms with Crippen molar-refractivity contribution in [2.75, 3.05) is 5.32 Å². The first-order valence-corrected chi connectivity index (χ1v) is 7.74. The number of aromatic nitrogens is 4. The van der Waals surface area contributed by atoms with Crippen molar-refractivity contribution in [3.63, 3.8) is 0 Å². The molecule has 1 amide bonds. The first-order chi connectivity index (χ1) is 11.5. The third-order valence-corrected chi connectivity index (χ3v) is 4.13. The number of nitrogens with zero attached hydrogens (tertiary/aromatic N) is 3. The Balaban J connectivity index is 1.72. The molecule has 3 rings (SSSR count). The molecule has 1 aromatic carbocycles. The number of nitrogens with one attached hydrogen (secondary N) is 2. The summed E-state index contributed by atoms with van der Waals surface area (Å²) >= 11 is 0. The van der Waals surface area contributed by atoms with Crippen molar-refractivity contribution in [1.82, 2.24) is 19.6 Å². The minimum atomic E-state index is -0.214. The molecule has 24 heavy (non-hydrogen) atoms. The highest BCUT2D eigenvalue weighted by atomic mass is 16.1. The van der Waals surface area contributed by atoms with E-state index in [0.717, 1.165) is 11.3 Å². The molecule has 0 aliphatic rings. The smallest absolute Gasteiger partial charge is 0.277 e. The zero-order valence-electron chi connectivity index (χ0n) is 13.9. The molecule has 0 fully saturated rings. The van der Waals surface area contributed by atoms with E-state index in [9.17, 15) is 9.59 Å². The van der Waals surface area contributed by atoms with E-state index >= 15 is 0 Å². The molecule has 0 spiro atoms. The Morgan fingerprint density at radius 2 is 2.04 bits per heavy atom. The molecule has 0 atom stereocenters. The Labute approximate surface area is 138 Å². The van der Waals surface area contributed by atoms with Gasteiger partial charge in [-0.05, 0) is 50.5 Å². The van der Waals surface area contributed by atoms with Gasteiger partial charge >= 0.3 is 0 Å². The van der Waals surface area contributed by atoms with Crippen LogP contribution in [0.15, 0.2) is 29.3 Å². The monoisotopic (exact) mass is 325 g/mol. The highest BCUT2D eigenvalue weighted by Gasteiger charge is 2.13. The second kappa shape index (κ2) is 6.27. The van der Waals surface area contributed by atoms with Crippen LogP contribution in [0.2, 0.25) is 0 Å². The number of carbonyl (C=O) groups excluding carboxylic acids is 1. The van der Waals surface area contributed by atoms with Crippen LogP contribution >= 0.6 is 0 Å². The van der Waals surface area contributed by atoms with Crippen molar-refractivity contribution in [2.24, 2.45) is 0 Å². The molecule has 0 radical (unpaired) electrons. The fraction of sp³-hybridized carbons (Fsp3) is 0.294. The zero-order chi connectivity index (χ0) is 17.3. The molecule has 0 saturated heterocycles.